The maximum absolute atomic E-state index is 11.9. The average molecular weight is 284 g/mol. The zero-order valence-electron chi connectivity index (χ0n) is 13.9. The summed E-state index contributed by atoms with van der Waals surface area (Å²) in [6.07, 6.45) is 3.15. The van der Waals surface area contributed by atoms with Crippen molar-refractivity contribution in [3.05, 3.63) is 0 Å². The summed E-state index contributed by atoms with van der Waals surface area (Å²) in [5.74, 6) is 1.47. The lowest BCUT2D eigenvalue weighted by atomic mass is 9.88. The number of hydrogen-bond acceptors (Lipinski definition) is 4. The van der Waals surface area contributed by atoms with Crippen molar-refractivity contribution in [3.8, 4) is 0 Å². The molecule has 0 bridgehead atoms. The number of nitrogens with zero attached hydrogens (tertiary/aromatic N) is 1. The molecule has 0 saturated carbocycles. The van der Waals surface area contributed by atoms with Gasteiger partial charge in [-0.05, 0) is 57.7 Å². The van der Waals surface area contributed by atoms with E-state index in [1.807, 2.05) is 13.8 Å². The Bertz CT molecular complexity index is 309. The first-order chi connectivity index (χ1) is 9.42. The molecule has 1 heterocycles. The molecule has 1 rings (SSSR count). The van der Waals surface area contributed by atoms with E-state index in [9.17, 15) is 4.79 Å². The van der Waals surface area contributed by atoms with Gasteiger partial charge in [0, 0.05) is 6.54 Å². The topological polar surface area (TPSA) is 41.6 Å². The molecule has 1 fully saturated rings. The molecule has 3 unspecified atom stereocenters. The molecule has 20 heavy (non-hydrogen) atoms. The van der Waals surface area contributed by atoms with Crippen molar-refractivity contribution in [3.63, 3.8) is 0 Å². The maximum atomic E-state index is 11.9. The molecule has 1 N–H and O–H groups in total. The smallest absolute Gasteiger partial charge is 0.325 e. The summed E-state index contributed by atoms with van der Waals surface area (Å²) in [6, 6.07) is 0. The van der Waals surface area contributed by atoms with Gasteiger partial charge in [0.1, 0.15) is 5.54 Å². The Morgan fingerprint density at radius 2 is 2.10 bits per heavy atom. The van der Waals surface area contributed by atoms with Crippen LogP contribution >= 0.6 is 0 Å². The normalized spacial score (nSPS) is 27.1. The number of esters is 1. The lowest BCUT2D eigenvalue weighted by Gasteiger charge is -2.36. The summed E-state index contributed by atoms with van der Waals surface area (Å²) >= 11 is 0. The Labute approximate surface area is 124 Å². The van der Waals surface area contributed by atoms with Gasteiger partial charge in [-0.1, -0.05) is 20.8 Å². The Balaban J connectivity index is 2.39. The van der Waals surface area contributed by atoms with Gasteiger partial charge in [-0.15, -0.1) is 0 Å². The van der Waals surface area contributed by atoms with E-state index in [2.05, 4.69) is 24.1 Å². The van der Waals surface area contributed by atoms with Crippen LogP contribution in [0.3, 0.4) is 0 Å². The monoisotopic (exact) mass is 284 g/mol. The first kappa shape index (κ1) is 17.4. The fourth-order valence-electron chi connectivity index (χ4n) is 3.09. The summed E-state index contributed by atoms with van der Waals surface area (Å²) in [4.78, 5) is 14.4. The van der Waals surface area contributed by atoms with Gasteiger partial charge in [-0.2, -0.15) is 0 Å². The second kappa shape index (κ2) is 7.99. The molecule has 3 atom stereocenters. The highest BCUT2D eigenvalue weighted by Crippen LogP contribution is 2.23. The molecule has 1 aliphatic rings. The van der Waals surface area contributed by atoms with Crippen LogP contribution in [0.15, 0.2) is 0 Å². The van der Waals surface area contributed by atoms with Crippen LogP contribution in [0.25, 0.3) is 0 Å². The second-order valence-electron chi connectivity index (χ2n) is 6.50. The zero-order valence-corrected chi connectivity index (χ0v) is 13.9. The van der Waals surface area contributed by atoms with Crippen LogP contribution < -0.4 is 5.32 Å². The molecule has 4 nitrogen and oxygen atoms in total. The van der Waals surface area contributed by atoms with Crippen molar-refractivity contribution in [2.24, 2.45) is 11.8 Å². The first-order valence-electron chi connectivity index (χ1n) is 7.98. The van der Waals surface area contributed by atoms with Gasteiger partial charge < -0.3 is 15.0 Å². The number of nitrogens with one attached hydrogen (secondary N) is 1. The van der Waals surface area contributed by atoms with Crippen molar-refractivity contribution in [2.75, 3.05) is 33.3 Å². The third kappa shape index (κ3) is 4.74. The van der Waals surface area contributed by atoms with E-state index in [-0.39, 0.29) is 5.97 Å². The number of likely N-dealkylation sites (N-methyl/N-ethyl adjacent to an activating group) is 1. The van der Waals surface area contributed by atoms with Crippen LogP contribution in [-0.4, -0.2) is 49.7 Å². The van der Waals surface area contributed by atoms with E-state index in [0.29, 0.717) is 0 Å². The van der Waals surface area contributed by atoms with Gasteiger partial charge in [0.2, 0.25) is 0 Å². The summed E-state index contributed by atoms with van der Waals surface area (Å²) < 4.78 is 4.93. The lowest BCUT2D eigenvalue weighted by Crippen LogP contribution is -2.50. The van der Waals surface area contributed by atoms with Crippen molar-refractivity contribution < 1.29 is 9.53 Å². The minimum atomic E-state index is -0.543. The number of piperidine rings is 1. The molecule has 0 aliphatic carbocycles. The van der Waals surface area contributed by atoms with Crippen molar-refractivity contribution in [1.29, 1.82) is 0 Å². The van der Waals surface area contributed by atoms with Crippen molar-refractivity contribution in [1.82, 2.24) is 10.2 Å². The predicted octanol–water partition coefficient (Wildman–Crippen LogP) is 2.29. The summed E-state index contributed by atoms with van der Waals surface area (Å²) in [7, 11) is 1.46. The quantitative estimate of drug-likeness (QED) is 0.728. The van der Waals surface area contributed by atoms with E-state index in [4.69, 9.17) is 4.74 Å². The molecule has 0 radical (unpaired) electrons. The number of carbonyl (C=O) groups is 1. The second-order valence-corrected chi connectivity index (χ2v) is 6.50. The van der Waals surface area contributed by atoms with Crippen LogP contribution in [-0.2, 0) is 9.53 Å². The molecule has 0 aromatic carbocycles. The Morgan fingerprint density at radius 3 is 2.65 bits per heavy atom. The molecule has 4 heteroatoms. The third-order valence-electron chi connectivity index (χ3n) is 4.77. The van der Waals surface area contributed by atoms with E-state index in [1.165, 1.54) is 26.6 Å². The van der Waals surface area contributed by atoms with Crippen LogP contribution in [0.5, 0.6) is 0 Å². The van der Waals surface area contributed by atoms with Crippen LogP contribution in [0, 0.1) is 11.8 Å². The largest absolute Gasteiger partial charge is 0.468 e. The number of hydrogen-bond donors (Lipinski definition) is 1. The van der Waals surface area contributed by atoms with E-state index in [0.717, 1.165) is 37.8 Å². The Morgan fingerprint density at radius 1 is 1.40 bits per heavy atom. The Hall–Kier alpha value is -0.610. The van der Waals surface area contributed by atoms with Gasteiger partial charge >= 0.3 is 5.97 Å². The van der Waals surface area contributed by atoms with Gasteiger partial charge in [0.05, 0.1) is 7.11 Å². The fourth-order valence-corrected chi connectivity index (χ4v) is 3.09. The van der Waals surface area contributed by atoms with Crippen LogP contribution in [0.4, 0.5) is 0 Å². The molecule has 118 valence electrons. The number of methoxy groups -OCH3 is 1. The fraction of sp³-hybridized carbons (Fsp3) is 0.938. The first-order valence-corrected chi connectivity index (χ1v) is 7.98. The van der Waals surface area contributed by atoms with E-state index >= 15 is 0 Å². The minimum Gasteiger partial charge on any atom is -0.468 e. The maximum Gasteiger partial charge on any atom is 0.325 e. The number of likely N-dealkylation sites (tertiary alicyclic amines) is 1. The lowest BCUT2D eigenvalue weighted by molar-refractivity contribution is -0.148. The zero-order chi connectivity index (χ0) is 15.2. The van der Waals surface area contributed by atoms with Gasteiger partial charge in [-0.25, -0.2) is 0 Å². The SMILES string of the molecule is CCNC(C)(CCCN1CCC(C)C(C)C1)C(=O)OC. The molecule has 1 aliphatic heterocycles. The summed E-state index contributed by atoms with van der Waals surface area (Å²) in [5.41, 5.74) is -0.543. The molecule has 0 amide bonds. The number of rotatable bonds is 7. The third-order valence-corrected chi connectivity index (χ3v) is 4.77. The molecule has 1 saturated heterocycles. The molecular weight excluding hydrogens is 252 g/mol. The minimum absolute atomic E-state index is 0.153. The van der Waals surface area contributed by atoms with Gasteiger partial charge in [-0.3, -0.25) is 4.79 Å². The standard InChI is InChI=1S/C16H32N2O2/c1-6-17-16(4,15(19)20-5)9-7-10-18-11-8-13(2)14(3)12-18/h13-14,17H,6-12H2,1-5H3. The highest BCUT2D eigenvalue weighted by Gasteiger charge is 2.33. The molecule has 0 spiro atoms. The molecule has 0 aromatic rings. The molecule has 0 aromatic heterocycles. The van der Waals surface area contributed by atoms with Crippen LogP contribution in [0.1, 0.15) is 47.0 Å². The van der Waals surface area contributed by atoms with Crippen molar-refractivity contribution >= 4 is 5.97 Å². The summed E-state index contributed by atoms with van der Waals surface area (Å²) in [5, 5.41) is 3.27. The van der Waals surface area contributed by atoms with Crippen LogP contribution in [0.2, 0.25) is 0 Å². The van der Waals surface area contributed by atoms with E-state index in [1.54, 1.807) is 0 Å². The van der Waals surface area contributed by atoms with Crippen molar-refractivity contribution in [2.45, 2.75) is 52.5 Å². The summed E-state index contributed by atoms with van der Waals surface area (Å²) in [6.45, 7) is 12.9. The Kier molecular flexibility index (Phi) is 6.96. The highest BCUT2D eigenvalue weighted by atomic mass is 16.5. The van der Waals surface area contributed by atoms with E-state index < -0.39 is 5.54 Å². The number of carbonyl (C=O) groups excluding carboxylic acids is 1. The predicted molar refractivity (Wildman–Crippen MR) is 82.7 cm³/mol. The van der Waals surface area contributed by atoms with Gasteiger partial charge in [0.15, 0.2) is 0 Å². The highest BCUT2D eigenvalue weighted by molar-refractivity contribution is 5.80. The average Bonchev–Trinajstić information content (AvgIpc) is 2.42. The molecular formula is C16H32N2O2. The van der Waals surface area contributed by atoms with Gasteiger partial charge in [0.25, 0.3) is 0 Å². The number of ether oxygens (including phenoxy) is 1.